The number of aromatic nitrogens is 2. The number of nitrogens with zero attached hydrogens (tertiary/aromatic N) is 2. The number of benzene rings is 1. The van der Waals surface area contributed by atoms with Gasteiger partial charge in [-0.1, -0.05) is 13.0 Å². The molecule has 0 spiro atoms. The molecule has 0 bridgehead atoms. The monoisotopic (exact) mass is 320 g/mol. The molecule has 0 saturated carbocycles. The molecule has 22 heavy (non-hydrogen) atoms. The second kappa shape index (κ2) is 5.28. The van der Waals surface area contributed by atoms with E-state index in [0.717, 1.165) is 5.69 Å². The van der Waals surface area contributed by atoms with Crippen molar-refractivity contribution in [1.82, 2.24) is 9.38 Å². The predicted octanol–water partition coefficient (Wildman–Crippen LogP) is 3.80. The van der Waals surface area contributed by atoms with E-state index >= 15 is 0 Å². The Morgan fingerprint density at radius 2 is 1.86 bits per heavy atom. The third-order valence-corrected chi connectivity index (χ3v) is 4.81. The van der Waals surface area contributed by atoms with Gasteiger partial charge in [-0.3, -0.25) is 9.20 Å². The maximum atomic E-state index is 14.1. The molecule has 3 nitrogen and oxygen atoms in total. The zero-order valence-electron chi connectivity index (χ0n) is 12.4. The SMILES string of the molecule is Cc1c(C(C)c2c(F)cccc2F)n2c(C)csc2nc1=O. The first-order valence-electron chi connectivity index (χ1n) is 6.83. The van der Waals surface area contributed by atoms with Crippen LogP contribution in [0.25, 0.3) is 4.96 Å². The number of thiazole rings is 1. The van der Waals surface area contributed by atoms with Crippen LogP contribution in [0.3, 0.4) is 0 Å². The van der Waals surface area contributed by atoms with Crippen molar-refractivity contribution in [2.45, 2.75) is 26.7 Å². The highest BCUT2D eigenvalue weighted by Crippen LogP contribution is 2.31. The molecular formula is C16H14F2N2OS. The molecule has 1 unspecified atom stereocenters. The van der Waals surface area contributed by atoms with Gasteiger partial charge in [0.25, 0.3) is 5.56 Å². The highest BCUT2D eigenvalue weighted by atomic mass is 32.1. The van der Waals surface area contributed by atoms with Crippen molar-refractivity contribution in [2.24, 2.45) is 0 Å². The molecule has 0 radical (unpaired) electrons. The average Bonchev–Trinajstić information content (AvgIpc) is 2.81. The van der Waals surface area contributed by atoms with Crippen LogP contribution in [0, 0.1) is 25.5 Å². The quantitative estimate of drug-likeness (QED) is 0.720. The molecule has 1 atom stereocenters. The van der Waals surface area contributed by atoms with Crippen molar-refractivity contribution in [2.75, 3.05) is 0 Å². The summed E-state index contributed by atoms with van der Waals surface area (Å²) < 4.78 is 30.0. The molecule has 0 N–H and O–H groups in total. The molecule has 2 aromatic heterocycles. The molecule has 3 rings (SSSR count). The predicted molar refractivity (Wildman–Crippen MR) is 82.7 cm³/mol. The van der Waals surface area contributed by atoms with Gasteiger partial charge in [0.15, 0.2) is 4.96 Å². The normalized spacial score (nSPS) is 12.8. The van der Waals surface area contributed by atoms with Gasteiger partial charge in [-0.25, -0.2) is 8.78 Å². The first-order chi connectivity index (χ1) is 10.4. The lowest BCUT2D eigenvalue weighted by atomic mass is 9.93. The fraction of sp³-hybridized carbons (Fsp3) is 0.250. The van der Waals surface area contributed by atoms with E-state index in [0.29, 0.717) is 16.2 Å². The zero-order valence-corrected chi connectivity index (χ0v) is 13.2. The van der Waals surface area contributed by atoms with Crippen LogP contribution in [0.4, 0.5) is 8.78 Å². The number of aryl methyl sites for hydroxylation is 1. The molecule has 0 fully saturated rings. The summed E-state index contributed by atoms with van der Waals surface area (Å²) in [4.78, 5) is 16.6. The second-order valence-electron chi connectivity index (χ2n) is 5.28. The van der Waals surface area contributed by atoms with Crippen LogP contribution in [0.1, 0.15) is 35.4 Å². The van der Waals surface area contributed by atoms with Gasteiger partial charge in [0.1, 0.15) is 11.6 Å². The lowest BCUT2D eigenvalue weighted by Crippen LogP contribution is -2.20. The molecule has 0 aliphatic heterocycles. The zero-order chi connectivity index (χ0) is 16.0. The number of hydrogen-bond acceptors (Lipinski definition) is 3. The van der Waals surface area contributed by atoms with E-state index in [-0.39, 0.29) is 11.1 Å². The lowest BCUT2D eigenvalue weighted by molar-refractivity contribution is 0.543. The average molecular weight is 320 g/mol. The van der Waals surface area contributed by atoms with E-state index < -0.39 is 17.6 Å². The molecule has 1 aromatic carbocycles. The summed E-state index contributed by atoms with van der Waals surface area (Å²) in [6.45, 7) is 5.22. The highest BCUT2D eigenvalue weighted by Gasteiger charge is 2.24. The topological polar surface area (TPSA) is 34.4 Å². The van der Waals surface area contributed by atoms with Gasteiger partial charge in [-0.15, -0.1) is 11.3 Å². The third kappa shape index (κ3) is 2.14. The van der Waals surface area contributed by atoms with Crippen LogP contribution < -0.4 is 5.56 Å². The van der Waals surface area contributed by atoms with E-state index in [1.54, 1.807) is 18.2 Å². The van der Waals surface area contributed by atoms with Crippen molar-refractivity contribution in [3.05, 3.63) is 68.1 Å². The number of fused-ring (bicyclic) bond motifs is 1. The Hall–Kier alpha value is -2.08. The van der Waals surface area contributed by atoms with Crippen molar-refractivity contribution in [3.63, 3.8) is 0 Å². The van der Waals surface area contributed by atoms with Crippen LogP contribution in [0.15, 0.2) is 28.4 Å². The van der Waals surface area contributed by atoms with E-state index in [1.807, 2.05) is 12.3 Å². The van der Waals surface area contributed by atoms with Gasteiger partial charge < -0.3 is 0 Å². The van der Waals surface area contributed by atoms with Gasteiger partial charge in [-0.2, -0.15) is 4.98 Å². The van der Waals surface area contributed by atoms with Crippen LogP contribution >= 0.6 is 11.3 Å². The van der Waals surface area contributed by atoms with Crippen molar-refractivity contribution in [1.29, 1.82) is 0 Å². The smallest absolute Gasteiger partial charge is 0.277 e. The Balaban J connectivity index is 2.36. The van der Waals surface area contributed by atoms with Gasteiger partial charge in [-0.05, 0) is 26.0 Å². The molecule has 114 valence electrons. The summed E-state index contributed by atoms with van der Waals surface area (Å²) in [5.74, 6) is -1.83. The van der Waals surface area contributed by atoms with Gasteiger partial charge in [0.05, 0.1) is 0 Å². The molecule has 0 aliphatic rings. The highest BCUT2D eigenvalue weighted by molar-refractivity contribution is 7.15. The molecule has 0 aliphatic carbocycles. The fourth-order valence-corrected chi connectivity index (χ4v) is 3.66. The second-order valence-corrected chi connectivity index (χ2v) is 6.12. The molecule has 2 heterocycles. The van der Waals surface area contributed by atoms with Crippen LogP contribution in [-0.2, 0) is 0 Å². The standard InChI is InChI=1S/C16H14F2N2OS/c1-8-7-22-16-19-15(21)10(3)14(20(8)16)9(2)13-11(17)5-4-6-12(13)18/h4-7,9H,1-3H3. The van der Waals surface area contributed by atoms with Gasteiger partial charge in [0.2, 0.25) is 0 Å². The summed E-state index contributed by atoms with van der Waals surface area (Å²) in [7, 11) is 0. The Bertz CT molecular complexity index is 910. The third-order valence-electron chi connectivity index (χ3n) is 3.86. The van der Waals surface area contributed by atoms with E-state index in [2.05, 4.69) is 4.98 Å². The Morgan fingerprint density at radius 1 is 1.23 bits per heavy atom. The Kier molecular flexibility index (Phi) is 3.56. The maximum Gasteiger partial charge on any atom is 0.277 e. The summed E-state index contributed by atoms with van der Waals surface area (Å²) in [6.07, 6.45) is 0. The molecule has 0 amide bonds. The van der Waals surface area contributed by atoms with Gasteiger partial charge >= 0.3 is 0 Å². The number of rotatable bonds is 2. The minimum atomic E-state index is -0.613. The largest absolute Gasteiger partial charge is 0.292 e. The first-order valence-corrected chi connectivity index (χ1v) is 7.71. The van der Waals surface area contributed by atoms with Crippen molar-refractivity contribution < 1.29 is 8.78 Å². The van der Waals surface area contributed by atoms with Crippen LogP contribution in [0.5, 0.6) is 0 Å². The minimum absolute atomic E-state index is 0.0319. The van der Waals surface area contributed by atoms with Gasteiger partial charge in [0, 0.05) is 33.8 Å². The summed E-state index contributed by atoms with van der Waals surface area (Å²) in [6, 6.07) is 3.79. The minimum Gasteiger partial charge on any atom is -0.292 e. The number of halogens is 2. The molecular weight excluding hydrogens is 306 g/mol. The van der Waals surface area contributed by atoms with Crippen LogP contribution in [-0.4, -0.2) is 9.38 Å². The van der Waals surface area contributed by atoms with Crippen molar-refractivity contribution in [3.8, 4) is 0 Å². The molecule has 0 saturated heterocycles. The summed E-state index contributed by atoms with van der Waals surface area (Å²) in [5, 5.41) is 1.87. The van der Waals surface area contributed by atoms with E-state index in [4.69, 9.17) is 0 Å². The Morgan fingerprint density at radius 3 is 2.50 bits per heavy atom. The van der Waals surface area contributed by atoms with E-state index in [1.165, 1.54) is 29.5 Å². The lowest BCUT2D eigenvalue weighted by Gasteiger charge is -2.18. The van der Waals surface area contributed by atoms with Crippen molar-refractivity contribution >= 4 is 16.3 Å². The molecule has 3 aromatic rings. The maximum absolute atomic E-state index is 14.1. The number of hydrogen-bond donors (Lipinski definition) is 0. The first kappa shape index (κ1) is 14.8. The summed E-state index contributed by atoms with van der Waals surface area (Å²) in [5.41, 5.74) is 1.48. The summed E-state index contributed by atoms with van der Waals surface area (Å²) >= 11 is 1.34. The molecule has 6 heteroatoms. The fourth-order valence-electron chi connectivity index (χ4n) is 2.79. The Labute approximate surface area is 129 Å². The van der Waals surface area contributed by atoms with E-state index in [9.17, 15) is 13.6 Å². The van der Waals surface area contributed by atoms with Crippen LogP contribution in [0.2, 0.25) is 0 Å².